The molecule has 0 saturated carbocycles. The van der Waals surface area contributed by atoms with Crippen LogP contribution in [0, 0.1) is 6.92 Å². The van der Waals surface area contributed by atoms with E-state index in [0.717, 1.165) is 29.1 Å². The van der Waals surface area contributed by atoms with E-state index in [0.29, 0.717) is 12.1 Å². The molecule has 5 heteroatoms. The zero-order chi connectivity index (χ0) is 16.8. The van der Waals surface area contributed by atoms with Gasteiger partial charge in [-0.1, -0.05) is 18.2 Å². The number of hydrogen-bond donors (Lipinski definition) is 1. The first-order valence-electron chi connectivity index (χ1n) is 7.92. The number of thiazole rings is 1. The molecule has 1 aromatic carbocycles. The Balaban J connectivity index is 1.55. The fraction of sp³-hybridized carbons (Fsp3) is 0.211. The number of nitrogens with one attached hydrogen (secondary N) is 1. The van der Waals surface area contributed by atoms with Crippen molar-refractivity contribution in [3.05, 3.63) is 71.0 Å². The number of aryl methyl sites for hydroxylation is 2. The summed E-state index contributed by atoms with van der Waals surface area (Å²) in [5, 5.41) is 5.93. The molecule has 1 N–H and O–H groups in total. The molecule has 0 radical (unpaired) electrons. The molecule has 24 heavy (non-hydrogen) atoms. The topological polar surface area (TPSA) is 54.9 Å². The van der Waals surface area contributed by atoms with Crippen LogP contribution in [0.3, 0.4) is 0 Å². The van der Waals surface area contributed by atoms with Gasteiger partial charge in [0.05, 0.1) is 0 Å². The van der Waals surface area contributed by atoms with E-state index >= 15 is 0 Å². The average molecular weight is 337 g/mol. The fourth-order valence-electron chi connectivity index (χ4n) is 2.42. The summed E-state index contributed by atoms with van der Waals surface area (Å²) in [5.74, 6) is -0.0451. The van der Waals surface area contributed by atoms with Crippen molar-refractivity contribution < 1.29 is 4.79 Å². The molecule has 0 aliphatic carbocycles. The second kappa shape index (κ2) is 7.84. The van der Waals surface area contributed by atoms with Gasteiger partial charge in [-0.3, -0.25) is 9.78 Å². The summed E-state index contributed by atoms with van der Waals surface area (Å²) < 4.78 is 0. The van der Waals surface area contributed by atoms with Gasteiger partial charge in [-0.2, -0.15) is 0 Å². The maximum Gasteiger partial charge on any atom is 0.251 e. The van der Waals surface area contributed by atoms with E-state index in [1.807, 2.05) is 54.9 Å². The number of rotatable bonds is 6. The Hall–Kier alpha value is -2.53. The van der Waals surface area contributed by atoms with Crippen molar-refractivity contribution in [1.29, 1.82) is 0 Å². The smallest absolute Gasteiger partial charge is 0.251 e. The molecule has 0 spiro atoms. The van der Waals surface area contributed by atoms with Crippen LogP contribution in [0.4, 0.5) is 0 Å². The van der Waals surface area contributed by atoms with E-state index in [-0.39, 0.29) is 5.91 Å². The number of pyridine rings is 1. The van der Waals surface area contributed by atoms with Crippen molar-refractivity contribution >= 4 is 17.2 Å². The number of carbonyl (C=O) groups excluding carboxylic acids is 1. The highest BCUT2D eigenvalue weighted by molar-refractivity contribution is 7.13. The first kappa shape index (κ1) is 16.3. The minimum atomic E-state index is -0.0451. The van der Waals surface area contributed by atoms with Gasteiger partial charge in [0.2, 0.25) is 0 Å². The summed E-state index contributed by atoms with van der Waals surface area (Å²) in [6.45, 7) is 2.62. The van der Waals surface area contributed by atoms with Crippen LogP contribution < -0.4 is 5.32 Å². The van der Waals surface area contributed by atoms with Gasteiger partial charge in [0.25, 0.3) is 5.91 Å². The Kier molecular flexibility index (Phi) is 5.33. The first-order chi connectivity index (χ1) is 11.7. The molecule has 0 aliphatic rings. The Morgan fingerprint density at radius 1 is 1.25 bits per heavy atom. The number of benzene rings is 1. The van der Waals surface area contributed by atoms with Crippen LogP contribution in [0.2, 0.25) is 0 Å². The summed E-state index contributed by atoms with van der Waals surface area (Å²) in [5.41, 5.74) is 3.84. The quantitative estimate of drug-likeness (QED) is 0.695. The van der Waals surface area contributed by atoms with Gasteiger partial charge < -0.3 is 5.32 Å². The lowest BCUT2D eigenvalue weighted by Crippen LogP contribution is -2.24. The van der Waals surface area contributed by atoms with Gasteiger partial charge in [0.15, 0.2) is 0 Å². The third-order valence-corrected chi connectivity index (χ3v) is 4.65. The molecule has 0 aliphatic heterocycles. The summed E-state index contributed by atoms with van der Waals surface area (Å²) in [6, 6.07) is 11.6. The van der Waals surface area contributed by atoms with Crippen LogP contribution in [0.1, 0.15) is 28.0 Å². The highest BCUT2D eigenvalue weighted by Gasteiger charge is 2.08. The second-order valence-corrected chi connectivity index (χ2v) is 6.45. The molecule has 122 valence electrons. The monoisotopic (exact) mass is 337 g/mol. The summed E-state index contributed by atoms with van der Waals surface area (Å²) in [4.78, 5) is 20.9. The molecular formula is C19H19N3OS. The van der Waals surface area contributed by atoms with E-state index in [1.165, 1.54) is 5.56 Å². The molecule has 4 nitrogen and oxygen atoms in total. The molecule has 3 aromatic rings. The van der Waals surface area contributed by atoms with Crippen molar-refractivity contribution in [3.63, 3.8) is 0 Å². The van der Waals surface area contributed by atoms with Crippen LogP contribution in [-0.2, 0) is 6.42 Å². The lowest BCUT2D eigenvalue weighted by Gasteiger charge is -2.06. The molecule has 0 saturated heterocycles. The Morgan fingerprint density at radius 3 is 2.92 bits per heavy atom. The van der Waals surface area contributed by atoms with Crippen molar-refractivity contribution in [2.24, 2.45) is 0 Å². The van der Waals surface area contributed by atoms with E-state index < -0.39 is 0 Å². The largest absolute Gasteiger partial charge is 0.352 e. The highest BCUT2D eigenvalue weighted by Crippen LogP contribution is 2.24. The van der Waals surface area contributed by atoms with Crippen LogP contribution >= 0.6 is 11.3 Å². The third kappa shape index (κ3) is 4.26. The maximum atomic E-state index is 12.3. The van der Waals surface area contributed by atoms with Crippen molar-refractivity contribution in [2.75, 3.05) is 6.54 Å². The van der Waals surface area contributed by atoms with Gasteiger partial charge in [-0.25, -0.2) is 4.98 Å². The Morgan fingerprint density at radius 2 is 2.17 bits per heavy atom. The zero-order valence-corrected chi connectivity index (χ0v) is 14.3. The van der Waals surface area contributed by atoms with Crippen LogP contribution in [0.25, 0.3) is 10.6 Å². The Bertz CT molecular complexity index is 814. The van der Waals surface area contributed by atoms with Crippen molar-refractivity contribution in [2.45, 2.75) is 19.8 Å². The van der Waals surface area contributed by atoms with Gasteiger partial charge >= 0.3 is 0 Å². The molecule has 2 aromatic heterocycles. The number of nitrogens with zero attached hydrogens (tertiary/aromatic N) is 2. The predicted octanol–water partition coefficient (Wildman–Crippen LogP) is 3.88. The third-order valence-electron chi connectivity index (χ3n) is 3.64. The molecule has 0 atom stereocenters. The van der Waals surface area contributed by atoms with E-state index in [9.17, 15) is 4.79 Å². The summed E-state index contributed by atoms with van der Waals surface area (Å²) in [6.07, 6.45) is 5.43. The van der Waals surface area contributed by atoms with Crippen molar-refractivity contribution in [3.8, 4) is 10.6 Å². The summed E-state index contributed by atoms with van der Waals surface area (Å²) >= 11 is 1.59. The Labute approximate surface area is 145 Å². The number of amides is 1. The maximum absolute atomic E-state index is 12.3. The van der Waals surface area contributed by atoms with Gasteiger partial charge in [-0.15, -0.1) is 11.3 Å². The molecule has 0 unspecified atom stereocenters. The zero-order valence-electron chi connectivity index (χ0n) is 13.5. The van der Waals surface area contributed by atoms with Crippen LogP contribution in [0.15, 0.2) is 54.2 Å². The van der Waals surface area contributed by atoms with Crippen LogP contribution in [0.5, 0.6) is 0 Å². The number of hydrogen-bond acceptors (Lipinski definition) is 4. The number of aromatic nitrogens is 2. The lowest BCUT2D eigenvalue weighted by molar-refractivity contribution is 0.0953. The molecule has 3 rings (SSSR count). The number of carbonyl (C=O) groups is 1. The first-order valence-corrected chi connectivity index (χ1v) is 8.80. The van der Waals surface area contributed by atoms with Gasteiger partial charge in [0.1, 0.15) is 5.01 Å². The minimum absolute atomic E-state index is 0.0451. The molecular weight excluding hydrogens is 318 g/mol. The van der Waals surface area contributed by atoms with E-state index in [1.54, 1.807) is 17.5 Å². The highest BCUT2D eigenvalue weighted by atomic mass is 32.1. The van der Waals surface area contributed by atoms with Gasteiger partial charge in [-0.05, 0) is 43.5 Å². The van der Waals surface area contributed by atoms with Crippen LogP contribution in [-0.4, -0.2) is 22.4 Å². The fourth-order valence-corrected chi connectivity index (χ4v) is 3.22. The summed E-state index contributed by atoms with van der Waals surface area (Å²) in [7, 11) is 0. The minimum Gasteiger partial charge on any atom is -0.352 e. The van der Waals surface area contributed by atoms with E-state index in [4.69, 9.17) is 0 Å². The predicted molar refractivity (Wildman–Crippen MR) is 97.2 cm³/mol. The molecule has 0 bridgehead atoms. The second-order valence-electron chi connectivity index (χ2n) is 5.60. The standard InChI is InChI=1S/C19H19N3OS/c1-14-13-24-19(22-14)17-8-2-7-16(11-17)18(23)21-10-4-6-15-5-3-9-20-12-15/h2-3,5,7-9,11-13H,4,6,10H2,1H3,(H,21,23). The SMILES string of the molecule is Cc1csc(-c2cccc(C(=O)NCCCc3cccnc3)c2)n1. The van der Waals surface area contributed by atoms with Gasteiger partial charge in [0, 0.05) is 41.1 Å². The molecule has 0 fully saturated rings. The van der Waals surface area contributed by atoms with E-state index in [2.05, 4.69) is 15.3 Å². The lowest BCUT2D eigenvalue weighted by atomic mass is 10.1. The van der Waals surface area contributed by atoms with Crippen molar-refractivity contribution in [1.82, 2.24) is 15.3 Å². The molecule has 2 heterocycles. The normalized spacial score (nSPS) is 10.5. The average Bonchev–Trinajstić information content (AvgIpc) is 3.06. The molecule has 1 amide bonds.